The van der Waals surface area contributed by atoms with Crippen molar-refractivity contribution in [3.05, 3.63) is 65.2 Å². The molecule has 2 heterocycles. The standard InChI is InChI=1S/C16H13F3N2/c1-15(2)16(18,19)13-11(6-3-7-12(13)17)14(21-15)10-5-4-8-20-9-10/h3-9H,1-2H3. The summed E-state index contributed by atoms with van der Waals surface area (Å²) in [4.78, 5) is 8.16. The van der Waals surface area contributed by atoms with Gasteiger partial charge in [-0.25, -0.2) is 4.39 Å². The van der Waals surface area contributed by atoms with Crippen LogP contribution < -0.4 is 0 Å². The molecule has 0 fully saturated rings. The normalized spacial score (nSPS) is 18.8. The summed E-state index contributed by atoms with van der Waals surface area (Å²) in [5.74, 6) is -4.29. The molecule has 0 N–H and O–H groups in total. The van der Waals surface area contributed by atoms with Crippen LogP contribution in [0.3, 0.4) is 0 Å². The minimum Gasteiger partial charge on any atom is -0.271 e. The van der Waals surface area contributed by atoms with Crippen molar-refractivity contribution in [3.8, 4) is 0 Å². The lowest BCUT2D eigenvalue weighted by atomic mass is 9.81. The Morgan fingerprint density at radius 2 is 1.81 bits per heavy atom. The lowest BCUT2D eigenvalue weighted by Gasteiger charge is -2.37. The molecular formula is C16H13F3N2. The second-order valence-corrected chi connectivity index (χ2v) is 5.50. The number of fused-ring (bicyclic) bond motifs is 1. The fourth-order valence-corrected chi connectivity index (χ4v) is 2.48. The zero-order chi connectivity index (χ0) is 15.3. The molecule has 108 valence electrons. The van der Waals surface area contributed by atoms with Crippen LogP contribution in [0.4, 0.5) is 13.2 Å². The SMILES string of the molecule is CC1(C)N=C(c2cccnc2)c2cccc(F)c2C1(F)F. The zero-order valence-electron chi connectivity index (χ0n) is 11.6. The Hall–Kier alpha value is -2.17. The highest BCUT2D eigenvalue weighted by Crippen LogP contribution is 2.47. The molecule has 1 aromatic heterocycles. The smallest absolute Gasteiger partial charge is 0.271 e. The van der Waals surface area contributed by atoms with Gasteiger partial charge in [-0.3, -0.25) is 9.98 Å². The van der Waals surface area contributed by atoms with E-state index in [1.54, 1.807) is 18.3 Å². The van der Waals surface area contributed by atoms with Crippen molar-refractivity contribution in [3.63, 3.8) is 0 Å². The van der Waals surface area contributed by atoms with Crippen LogP contribution in [0.15, 0.2) is 47.7 Å². The first-order valence-corrected chi connectivity index (χ1v) is 6.52. The van der Waals surface area contributed by atoms with Crippen molar-refractivity contribution in [2.45, 2.75) is 25.3 Å². The van der Waals surface area contributed by atoms with Gasteiger partial charge in [0.15, 0.2) is 0 Å². The summed E-state index contributed by atoms with van der Waals surface area (Å²) < 4.78 is 43.2. The molecule has 0 amide bonds. The van der Waals surface area contributed by atoms with Crippen LogP contribution in [0.1, 0.15) is 30.5 Å². The predicted molar refractivity (Wildman–Crippen MR) is 74.2 cm³/mol. The number of rotatable bonds is 1. The van der Waals surface area contributed by atoms with E-state index in [-0.39, 0.29) is 5.56 Å². The van der Waals surface area contributed by atoms with Crippen molar-refractivity contribution in [2.24, 2.45) is 4.99 Å². The molecule has 2 nitrogen and oxygen atoms in total. The van der Waals surface area contributed by atoms with E-state index in [0.717, 1.165) is 6.07 Å². The summed E-state index contributed by atoms with van der Waals surface area (Å²) >= 11 is 0. The van der Waals surface area contributed by atoms with E-state index in [2.05, 4.69) is 9.98 Å². The third kappa shape index (κ3) is 1.95. The number of hydrogen-bond donors (Lipinski definition) is 0. The average molecular weight is 290 g/mol. The Labute approximate surface area is 120 Å². The monoisotopic (exact) mass is 290 g/mol. The number of halogens is 3. The van der Waals surface area contributed by atoms with E-state index in [1.807, 2.05) is 0 Å². The summed E-state index contributed by atoms with van der Waals surface area (Å²) in [6, 6.07) is 7.34. The molecule has 2 aromatic rings. The second kappa shape index (κ2) is 4.41. The third-order valence-corrected chi connectivity index (χ3v) is 3.68. The quantitative estimate of drug-likeness (QED) is 0.781. The number of aliphatic imine (C=N–C) groups is 1. The van der Waals surface area contributed by atoms with Crippen molar-refractivity contribution in [1.82, 2.24) is 4.98 Å². The molecule has 1 aliphatic rings. The second-order valence-electron chi connectivity index (χ2n) is 5.50. The highest BCUT2D eigenvalue weighted by atomic mass is 19.3. The van der Waals surface area contributed by atoms with Crippen molar-refractivity contribution in [1.29, 1.82) is 0 Å². The van der Waals surface area contributed by atoms with Gasteiger partial charge < -0.3 is 0 Å². The number of hydrogen-bond acceptors (Lipinski definition) is 2. The zero-order valence-corrected chi connectivity index (χ0v) is 11.6. The van der Waals surface area contributed by atoms with Crippen LogP contribution in [0.2, 0.25) is 0 Å². The van der Waals surface area contributed by atoms with E-state index in [4.69, 9.17) is 0 Å². The van der Waals surface area contributed by atoms with Gasteiger partial charge in [0.05, 0.1) is 11.3 Å². The van der Waals surface area contributed by atoms with Crippen LogP contribution in [-0.4, -0.2) is 16.2 Å². The maximum absolute atomic E-state index is 14.6. The summed E-state index contributed by atoms with van der Waals surface area (Å²) in [5, 5.41) is 0. The molecule has 5 heteroatoms. The van der Waals surface area contributed by atoms with Gasteiger partial charge in [0.1, 0.15) is 11.4 Å². The van der Waals surface area contributed by atoms with Gasteiger partial charge in [-0.15, -0.1) is 0 Å². The first kappa shape index (κ1) is 13.8. The van der Waals surface area contributed by atoms with Crippen molar-refractivity contribution >= 4 is 5.71 Å². The molecule has 3 rings (SSSR count). The summed E-state index contributed by atoms with van der Waals surface area (Å²) in [7, 11) is 0. The maximum Gasteiger partial charge on any atom is 0.300 e. The Kier molecular flexibility index (Phi) is 2.90. The molecule has 0 saturated carbocycles. The molecule has 0 atom stereocenters. The number of nitrogens with zero attached hydrogens (tertiary/aromatic N) is 2. The van der Waals surface area contributed by atoms with Gasteiger partial charge in [-0.05, 0) is 32.0 Å². The Bertz CT molecular complexity index is 722. The number of aromatic nitrogens is 1. The highest BCUT2D eigenvalue weighted by Gasteiger charge is 2.54. The van der Waals surface area contributed by atoms with Crippen molar-refractivity contribution < 1.29 is 13.2 Å². The van der Waals surface area contributed by atoms with Gasteiger partial charge >= 0.3 is 5.92 Å². The molecule has 21 heavy (non-hydrogen) atoms. The Balaban J connectivity index is 2.33. The van der Waals surface area contributed by atoms with Gasteiger partial charge in [0.25, 0.3) is 0 Å². The molecule has 1 aliphatic heterocycles. The maximum atomic E-state index is 14.6. The van der Waals surface area contributed by atoms with E-state index in [1.165, 1.54) is 32.2 Å². The highest BCUT2D eigenvalue weighted by molar-refractivity contribution is 6.14. The van der Waals surface area contributed by atoms with E-state index in [9.17, 15) is 13.2 Å². The largest absolute Gasteiger partial charge is 0.300 e. The lowest BCUT2D eigenvalue weighted by molar-refractivity contribution is -0.0710. The molecule has 0 saturated heterocycles. The van der Waals surface area contributed by atoms with Gasteiger partial charge in [-0.2, -0.15) is 8.78 Å². The predicted octanol–water partition coefficient (Wildman–Crippen LogP) is 3.94. The molecule has 0 aliphatic carbocycles. The van der Waals surface area contributed by atoms with Gasteiger partial charge in [0, 0.05) is 23.5 Å². The number of pyridine rings is 1. The fraction of sp³-hybridized carbons (Fsp3) is 0.250. The molecule has 0 radical (unpaired) electrons. The lowest BCUT2D eigenvalue weighted by Crippen LogP contribution is -2.44. The molecule has 1 aromatic carbocycles. The van der Waals surface area contributed by atoms with Crippen LogP contribution in [0.25, 0.3) is 0 Å². The fourth-order valence-electron chi connectivity index (χ4n) is 2.48. The summed E-state index contributed by atoms with van der Waals surface area (Å²) in [6.45, 7) is 2.61. The van der Waals surface area contributed by atoms with Gasteiger partial charge in [-0.1, -0.05) is 12.1 Å². The Morgan fingerprint density at radius 3 is 2.48 bits per heavy atom. The topological polar surface area (TPSA) is 25.2 Å². The van der Waals surface area contributed by atoms with E-state index in [0.29, 0.717) is 11.3 Å². The molecule has 0 bridgehead atoms. The van der Waals surface area contributed by atoms with E-state index < -0.39 is 22.8 Å². The first-order chi connectivity index (χ1) is 9.84. The molecule has 0 unspecified atom stereocenters. The Morgan fingerprint density at radius 1 is 1.05 bits per heavy atom. The summed E-state index contributed by atoms with van der Waals surface area (Å²) in [6.07, 6.45) is 3.12. The van der Waals surface area contributed by atoms with Crippen LogP contribution in [0, 0.1) is 5.82 Å². The van der Waals surface area contributed by atoms with Crippen LogP contribution in [-0.2, 0) is 5.92 Å². The van der Waals surface area contributed by atoms with Crippen LogP contribution in [0.5, 0.6) is 0 Å². The molecular weight excluding hydrogens is 277 g/mol. The minimum atomic E-state index is -3.38. The first-order valence-electron chi connectivity index (χ1n) is 6.52. The van der Waals surface area contributed by atoms with Crippen LogP contribution >= 0.6 is 0 Å². The summed E-state index contributed by atoms with van der Waals surface area (Å²) in [5.41, 5.74) is -1.27. The van der Waals surface area contributed by atoms with E-state index >= 15 is 0 Å². The van der Waals surface area contributed by atoms with Gasteiger partial charge in [0.2, 0.25) is 0 Å². The number of benzene rings is 1. The minimum absolute atomic E-state index is 0.118. The molecule has 0 spiro atoms. The van der Waals surface area contributed by atoms with Crippen molar-refractivity contribution in [2.75, 3.05) is 0 Å². The third-order valence-electron chi connectivity index (χ3n) is 3.68. The average Bonchev–Trinajstić information content (AvgIpc) is 2.44. The number of alkyl halides is 2.